The molecule has 5 rings (SSSR count). The highest BCUT2D eigenvalue weighted by atomic mass is 16.6. The van der Waals surface area contributed by atoms with Crippen molar-refractivity contribution in [1.82, 2.24) is 14.9 Å². The van der Waals surface area contributed by atoms with E-state index in [1.54, 1.807) is 11.3 Å². The number of fused-ring (bicyclic) bond motifs is 1. The Labute approximate surface area is 291 Å². The van der Waals surface area contributed by atoms with Crippen LogP contribution in [0.3, 0.4) is 0 Å². The van der Waals surface area contributed by atoms with Gasteiger partial charge in [-0.25, -0.2) is 15.0 Å². The Morgan fingerprint density at radius 2 is 1.59 bits per heavy atom. The summed E-state index contributed by atoms with van der Waals surface area (Å²) in [5.41, 5.74) is 8.05. The van der Waals surface area contributed by atoms with E-state index in [4.69, 9.17) is 34.5 Å². The lowest BCUT2D eigenvalue weighted by Gasteiger charge is -2.36. The Morgan fingerprint density at radius 1 is 0.918 bits per heavy atom. The zero-order valence-electron chi connectivity index (χ0n) is 28.9. The second kappa shape index (κ2) is 20.4. The molecule has 12 nitrogen and oxygen atoms in total. The van der Waals surface area contributed by atoms with Crippen molar-refractivity contribution in [2.24, 2.45) is 10.7 Å². The van der Waals surface area contributed by atoms with Crippen LogP contribution in [-0.2, 0) is 30.3 Å². The number of benzene rings is 1. The fraction of sp³-hybridized carbons (Fsp3) is 0.639. The smallest absolute Gasteiger partial charge is 0.334 e. The number of hydrogen-bond acceptors (Lipinski definition) is 11. The number of rotatable bonds is 20. The zero-order chi connectivity index (χ0) is 34.1. The van der Waals surface area contributed by atoms with E-state index >= 15 is 0 Å². The molecular weight excluding hydrogens is 625 g/mol. The third kappa shape index (κ3) is 12.0. The number of aliphatic hydroxyl groups is 1. The number of para-hydroxylation sites is 1. The standard InChI is InChI=1S/C36H54BN5O7/c38-36-40-33-27-39-34(48-32-14-8-3-9-15-32)26-29(33)28-42(36)49-37(30-10-4-1-5-11-30)17-16-35(44)41(31-12-6-2-7-13-31)18-20-45-22-24-47-25-23-46-21-19-43/h3,8-9,14-15,26-27,30-31,43H,1-2,4-7,10-13,16-25,28H2,(H2,38,40). The molecule has 2 fully saturated rings. The quantitative estimate of drug-likeness (QED) is 0.136. The van der Waals surface area contributed by atoms with E-state index in [0.29, 0.717) is 94.6 Å². The SMILES string of the molecule is NC1=Nc2cnc(Oc3ccccc3)cc2CN1OB(CCC(=O)N(CCOCCOCCOCCO)C1CCCCC1)C1CCCCC1. The first kappa shape index (κ1) is 37.0. The summed E-state index contributed by atoms with van der Waals surface area (Å²) in [6.45, 7) is 3.47. The van der Waals surface area contributed by atoms with Crippen LogP contribution in [0.25, 0.3) is 0 Å². The highest BCUT2D eigenvalue weighted by molar-refractivity contribution is 6.54. The lowest BCUT2D eigenvalue weighted by molar-refractivity contribution is -0.135. The molecule has 2 aromatic rings. The zero-order valence-corrected chi connectivity index (χ0v) is 28.9. The Kier molecular flexibility index (Phi) is 15.5. The van der Waals surface area contributed by atoms with E-state index in [9.17, 15) is 4.79 Å². The van der Waals surface area contributed by atoms with Gasteiger partial charge in [-0.05, 0) is 37.1 Å². The number of carbonyl (C=O) groups is 1. The molecule has 1 aromatic heterocycles. The van der Waals surface area contributed by atoms with Crippen LogP contribution < -0.4 is 10.5 Å². The summed E-state index contributed by atoms with van der Waals surface area (Å²) in [5, 5.41) is 10.5. The van der Waals surface area contributed by atoms with Crippen LogP contribution in [0.5, 0.6) is 11.6 Å². The van der Waals surface area contributed by atoms with Gasteiger partial charge in [-0.15, -0.1) is 0 Å². The highest BCUT2D eigenvalue weighted by Crippen LogP contribution is 2.36. The van der Waals surface area contributed by atoms with Crippen molar-refractivity contribution >= 4 is 24.5 Å². The van der Waals surface area contributed by atoms with Crippen molar-refractivity contribution in [2.75, 3.05) is 52.8 Å². The highest BCUT2D eigenvalue weighted by Gasteiger charge is 2.35. The maximum atomic E-state index is 13.9. The third-order valence-electron chi connectivity index (χ3n) is 9.58. The first-order chi connectivity index (χ1) is 24.1. The summed E-state index contributed by atoms with van der Waals surface area (Å²) in [5.74, 6) is 2.00. The second-order valence-electron chi connectivity index (χ2n) is 13.1. The molecule has 1 amide bonds. The van der Waals surface area contributed by atoms with E-state index in [2.05, 4.69) is 14.9 Å². The number of ether oxygens (including phenoxy) is 4. The first-order valence-corrected chi connectivity index (χ1v) is 18.2. The Balaban J connectivity index is 1.17. The number of guanidine groups is 1. The summed E-state index contributed by atoms with van der Waals surface area (Å²) in [6.07, 6.45) is 14.0. The predicted octanol–water partition coefficient (Wildman–Crippen LogP) is 5.49. The van der Waals surface area contributed by atoms with Crippen LogP contribution in [0.15, 0.2) is 47.6 Å². The molecule has 268 valence electrons. The van der Waals surface area contributed by atoms with Gasteiger partial charge in [0.2, 0.25) is 17.7 Å². The van der Waals surface area contributed by atoms with Gasteiger partial charge in [0.15, 0.2) is 0 Å². The van der Waals surface area contributed by atoms with Crippen LogP contribution in [0.4, 0.5) is 5.69 Å². The van der Waals surface area contributed by atoms with Crippen molar-refractivity contribution < 1.29 is 33.6 Å². The fourth-order valence-electron chi connectivity index (χ4n) is 6.99. The molecule has 1 aliphatic heterocycles. The van der Waals surface area contributed by atoms with Gasteiger partial charge in [0.25, 0.3) is 0 Å². The minimum absolute atomic E-state index is 0.00932. The molecule has 49 heavy (non-hydrogen) atoms. The van der Waals surface area contributed by atoms with Crippen molar-refractivity contribution in [3.63, 3.8) is 0 Å². The number of nitrogens with zero attached hydrogens (tertiary/aromatic N) is 4. The van der Waals surface area contributed by atoms with Gasteiger partial charge in [0, 0.05) is 30.6 Å². The third-order valence-corrected chi connectivity index (χ3v) is 9.58. The molecule has 3 N–H and O–H groups in total. The Hall–Kier alpha value is -3.23. The second-order valence-corrected chi connectivity index (χ2v) is 13.1. The van der Waals surface area contributed by atoms with E-state index in [1.807, 2.05) is 36.4 Å². The van der Waals surface area contributed by atoms with Crippen LogP contribution in [0.2, 0.25) is 12.1 Å². The van der Waals surface area contributed by atoms with Gasteiger partial charge in [-0.1, -0.05) is 69.6 Å². The molecule has 13 heteroatoms. The maximum Gasteiger partial charge on any atom is 0.334 e. The normalized spacial score (nSPS) is 17.0. The van der Waals surface area contributed by atoms with Crippen LogP contribution in [0.1, 0.15) is 76.2 Å². The minimum Gasteiger partial charge on any atom is -0.439 e. The van der Waals surface area contributed by atoms with Gasteiger partial charge in [0.1, 0.15) is 5.75 Å². The summed E-state index contributed by atoms with van der Waals surface area (Å²) in [6, 6.07) is 11.7. The van der Waals surface area contributed by atoms with Gasteiger partial charge in [0.05, 0.1) is 64.7 Å². The van der Waals surface area contributed by atoms with Gasteiger partial charge < -0.3 is 39.4 Å². The number of aromatic nitrogens is 1. The number of hydrogen-bond donors (Lipinski definition) is 2. The van der Waals surface area contributed by atoms with Gasteiger partial charge in [-0.3, -0.25) is 4.79 Å². The lowest BCUT2D eigenvalue weighted by Crippen LogP contribution is -2.46. The molecule has 2 aliphatic carbocycles. The molecule has 0 unspecified atom stereocenters. The van der Waals surface area contributed by atoms with E-state index in [1.165, 1.54) is 25.7 Å². The molecule has 0 saturated heterocycles. The van der Waals surface area contributed by atoms with Gasteiger partial charge in [-0.2, -0.15) is 0 Å². The molecule has 0 bridgehead atoms. The maximum absolute atomic E-state index is 13.9. The Bertz CT molecular complexity index is 1290. The number of amides is 1. The predicted molar refractivity (Wildman–Crippen MR) is 189 cm³/mol. The molecule has 2 saturated carbocycles. The molecule has 1 aromatic carbocycles. The fourth-order valence-corrected chi connectivity index (χ4v) is 6.99. The number of aliphatic imine (C=N–C) groups is 1. The van der Waals surface area contributed by atoms with Crippen molar-refractivity contribution in [3.8, 4) is 11.6 Å². The molecule has 0 radical (unpaired) electrons. The molecule has 0 spiro atoms. The molecule has 2 heterocycles. The summed E-state index contributed by atoms with van der Waals surface area (Å²) >= 11 is 0. The van der Waals surface area contributed by atoms with Crippen molar-refractivity contribution in [2.45, 2.75) is 95.4 Å². The largest absolute Gasteiger partial charge is 0.439 e. The number of pyridine rings is 1. The van der Waals surface area contributed by atoms with Crippen LogP contribution in [-0.4, -0.2) is 97.7 Å². The average Bonchev–Trinajstić information content (AvgIpc) is 3.13. The minimum atomic E-state index is -0.149. The lowest BCUT2D eigenvalue weighted by atomic mass is 9.49. The summed E-state index contributed by atoms with van der Waals surface area (Å²) < 4.78 is 29.3. The average molecular weight is 680 g/mol. The van der Waals surface area contributed by atoms with Gasteiger partial charge >= 0.3 is 6.92 Å². The molecule has 0 atom stereocenters. The molecular formula is C36H54BN5O7. The van der Waals surface area contributed by atoms with E-state index in [-0.39, 0.29) is 25.5 Å². The number of aliphatic hydroxyl groups excluding tert-OH is 1. The van der Waals surface area contributed by atoms with Crippen molar-refractivity contribution in [3.05, 3.63) is 48.2 Å². The van der Waals surface area contributed by atoms with E-state index in [0.717, 1.165) is 44.1 Å². The molecule has 3 aliphatic rings. The summed E-state index contributed by atoms with van der Waals surface area (Å²) in [7, 11) is 0. The van der Waals surface area contributed by atoms with Crippen LogP contribution >= 0.6 is 0 Å². The van der Waals surface area contributed by atoms with Crippen LogP contribution in [0, 0.1) is 0 Å². The summed E-state index contributed by atoms with van der Waals surface area (Å²) in [4.78, 5) is 25.0. The first-order valence-electron chi connectivity index (χ1n) is 18.2. The number of carbonyl (C=O) groups excluding carboxylic acids is 1. The van der Waals surface area contributed by atoms with Crippen molar-refractivity contribution in [1.29, 1.82) is 0 Å². The number of nitrogens with two attached hydrogens (primary N) is 1. The Morgan fingerprint density at radius 3 is 2.31 bits per heavy atom. The topological polar surface area (TPSA) is 141 Å². The monoisotopic (exact) mass is 679 g/mol. The van der Waals surface area contributed by atoms with E-state index < -0.39 is 0 Å². The number of hydroxylamine groups is 2.